The van der Waals surface area contributed by atoms with Gasteiger partial charge in [0, 0.05) is 0 Å². The average Bonchev–Trinajstić information content (AvgIpc) is 2.98. The van der Waals surface area contributed by atoms with Crippen molar-refractivity contribution in [3.63, 3.8) is 0 Å². The number of methoxy groups -OCH3 is 1. The first-order chi connectivity index (χ1) is 11.7. The van der Waals surface area contributed by atoms with Crippen LogP contribution < -0.4 is 5.32 Å². The van der Waals surface area contributed by atoms with Crippen molar-refractivity contribution in [2.75, 3.05) is 7.11 Å². The lowest BCUT2D eigenvalue weighted by atomic mass is 9.99. The number of nitrogens with one attached hydrogen (secondary N) is 1. The second-order valence-electron chi connectivity index (χ2n) is 5.67. The van der Waals surface area contributed by atoms with E-state index in [2.05, 4.69) is 15.6 Å². The Labute approximate surface area is 149 Å². The van der Waals surface area contributed by atoms with E-state index < -0.39 is 23.2 Å². The first-order valence-corrected chi connectivity index (χ1v) is 7.90. The van der Waals surface area contributed by atoms with Crippen molar-refractivity contribution >= 4 is 23.5 Å². The highest BCUT2D eigenvalue weighted by atomic mass is 35.5. The van der Waals surface area contributed by atoms with Gasteiger partial charge in [0.1, 0.15) is 11.4 Å². The zero-order valence-electron chi connectivity index (χ0n) is 14.3. The molecular formula is C16H18ClFN4O3. The molecule has 0 radical (unpaired) electrons. The number of carbonyl (C=O) groups is 2. The number of rotatable bonds is 5. The number of amides is 1. The van der Waals surface area contributed by atoms with Crippen molar-refractivity contribution in [1.29, 1.82) is 0 Å². The predicted molar refractivity (Wildman–Crippen MR) is 89.2 cm³/mol. The molecule has 1 aromatic heterocycles. The number of aromatic nitrogens is 3. The third-order valence-corrected chi connectivity index (χ3v) is 4.28. The van der Waals surface area contributed by atoms with Crippen LogP contribution in [0.5, 0.6) is 0 Å². The molecule has 0 saturated heterocycles. The van der Waals surface area contributed by atoms with E-state index in [1.807, 2.05) is 0 Å². The molecule has 0 aliphatic rings. The topological polar surface area (TPSA) is 86.1 Å². The molecule has 9 heteroatoms. The summed E-state index contributed by atoms with van der Waals surface area (Å²) >= 11 is 5.77. The van der Waals surface area contributed by atoms with Crippen LogP contribution in [0, 0.1) is 12.7 Å². The van der Waals surface area contributed by atoms with Crippen molar-refractivity contribution in [3.05, 3.63) is 40.4 Å². The van der Waals surface area contributed by atoms with Gasteiger partial charge < -0.3 is 10.1 Å². The fourth-order valence-electron chi connectivity index (χ4n) is 2.22. The molecular weight excluding hydrogens is 351 g/mol. The van der Waals surface area contributed by atoms with Crippen LogP contribution in [0.4, 0.5) is 4.39 Å². The maximum Gasteiger partial charge on any atom is 0.331 e. The van der Waals surface area contributed by atoms with E-state index in [0.29, 0.717) is 17.8 Å². The van der Waals surface area contributed by atoms with E-state index in [-0.39, 0.29) is 10.7 Å². The monoisotopic (exact) mass is 368 g/mol. The fraction of sp³-hybridized carbons (Fsp3) is 0.375. The Morgan fingerprint density at radius 2 is 2.12 bits per heavy atom. The van der Waals surface area contributed by atoms with E-state index in [0.717, 1.165) is 0 Å². The Morgan fingerprint density at radius 3 is 2.68 bits per heavy atom. The Bertz CT molecular complexity index is 824. The summed E-state index contributed by atoms with van der Waals surface area (Å²) < 4.78 is 19.4. The van der Waals surface area contributed by atoms with Gasteiger partial charge in [0.15, 0.2) is 5.69 Å². The number of halogens is 2. The molecule has 0 fully saturated rings. The third-order valence-electron chi connectivity index (χ3n) is 3.99. The number of hydrogen-bond acceptors (Lipinski definition) is 5. The minimum atomic E-state index is -1.18. The molecule has 1 N–H and O–H groups in total. The van der Waals surface area contributed by atoms with Gasteiger partial charge in [-0.2, -0.15) is 0 Å². The van der Waals surface area contributed by atoms with Crippen molar-refractivity contribution in [2.45, 2.75) is 32.7 Å². The van der Waals surface area contributed by atoms with Gasteiger partial charge >= 0.3 is 5.97 Å². The van der Waals surface area contributed by atoms with Crippen molar-refractivity contribution in [3.8, 4) is 5.69 Å². The first-order valence-electron chi connectivity index (χ1n) is 7.52. The minimum absolute atomic E-state index is 0.0454. The predicted octanol–water partition coefficient (Wildman–Crippen LogP) is 2.44. The van der Waals surface area contributed by atoms with Crippen LogP contribution in [0.2, 0.25) is 5.02 Å². The SMILES string of the molecule is CCC(C)(NC(=O)c1nnn(-c2ccc(F)c(Cl)c2)c1C)C(=O)OC. The zero-order valence-corrected chi connectivity index (χ0v) is 15.0. The summed E-state index contributed by atoms with van der Waals surface area (Å²) in [6, 6.07) is 4.05. The number of benzene rings is 1. The number of esters is 1. The van der Waals surface area contributed by atoms with Gasteiger partial charge in [0.05, 0.1) is 23.5 Å². The second kappa shape index (κ2) is 7.18. The first kappa shape index (κ1) is 18.9. The summed E-state index contributed by atoms with van der Waals surface area (Å²) in [4.78, 5) is 24.4. The molecule has 0 saturated carbocycles. The highest BCUT2D eigenvalue weighted by molar-refractivity contribution is 6.30. The van der Waals surface area contributed by atoms with Crippen LogP contribution in [0.1, 0.15) is 36.5 Å². The fourth-order valence-corrected chi connectivity index (χ4v) is 2.39. The van der Waals surface area contributed by atoms with Crippen LogP contribution in [-0.4, -0.2) is 39.5 Å². The Hall–Kier alpha value is -2.48. The van der Waals surface area contributed by atoms with Gasteiger partial charge in [-0.25, -0.2) is 13.9 Å². The molecule has 25 heavy (non-hydrogen) atoms. The molecule has 0 spiro atoms. The second-order valence-corrected chi connectivity index (χ2v) is 6.07. The summed E-state index contributed by atoms with van der Waals surface area (Å²) in [5, 5.41) is 10.3. The van der Waals surface area contributed by atoms with Crippen molar-refractivity contribution < 1.29 is 18.7 Å². The zero-order chi connectivity index (χ0) is 18.8. The smallest absolute Gasteiger partial charge is 0.331 e. The van der Waals surface area contributed by atoms with Crippen LogP contribution >= 0.6 is 11.6 Å². The standard InChI is InChI=1S/C16H18ClFN4O3/c1-5-16(3,15(24)25-4)19-14(23)13-9(2)22(21-20-13)10-6-7-12(18)11(17)8-10/h6-8H,5H2,1-4H3,(H,19,23). The highest BCUT2D eigenvalue weighted by Crippen LogP contribution is 2.20. The number of ether oxygens (including phenoxy) is 1. The van der Waals surface area contributed by atoms with E-state index in [4.69, 9.17) is 16.3 Å². The molecule has 134 valence electrons. The lowest BCUT2D eigenvalue weighted by molar-refractivity contribution is -0.147. The van der Waals surface area contributed by atoms with E-state index in [9.17, 15) is 14.0 Å². The number of nitrogens with zero attached hydrogens (tertiary/aromatic N) is 3. The molecule has 1 atom stereocenters. The summed E-state index contributed by atoms with van der Waals surface area (Å²) in [5.41, 5.74) is -0.254. The van der Waals surface area contributed by atoms with Gasteiger partial charge in [0.2, 0.25) is 0 Å². The molecule has 1 heterocycles. The van der Waals surface area contributed by atoms with Gasteiger partial charge in [-0.1, -0.05) is 23.7 Å². The molecule has 1 unspecified atom stereocenters. The molecule has 2 aromatic rings. The van der Waals surface area contributed by atoms with Crippen molar-refractivity contribution in [2.24, 2.45) is 0 Å². The molecule has 1 amide bonds. The highest BCUT2D eigenvalue weighted by Gasteiger charge is 2.35. The molecule has 1 aromatic carbocycles. The summed E-state index contributed by atoms with van der Waals surface area (Å²) in [6.45, 7) is 4.95. The maximum atomic E-state index is 13.3. The summed E-state index contributed by atoms with van der Waals surface area (Å²) in [6.07, 6.45) is 0.339. The molecule has 7 nitrogen and oxygen atoms in total. The lowest BCUT2D eigenvalue weighted by Gasteiger charge is -2.26. The molecule has 2 rings (SSSR count). The van der Waals surface area contributed by atoms with Crippen LogP contribution in [0.15, 0.2) is 18.2 Å². The average molecular weight is 369 g/mol. The van der Waals surface area contributed by atoms with Gasteiger partial charge in [-0.15, -0.1) is 5.10 Å². The van der Waals surface area contributed by atoms with Crippen LogP contribution in [-0.2, 0) is 9.53 Å². The Kier molecular flexibility index (Phi) is 5.42. The van der Waals surface area contributed by atoms with Crippen LogP contribution in [0.25, 0.3) is 5.69 Å². The Morgan fingerprint density at radius 1 is 1.44 bits per heavy atom. The van der Waals surface area contributed by atoms with E-state index in [1.54, 1.807) is 20.8 Å². The normalized spacial score (nSPS) is 13.2. The summed E-state index contributed by atoms with van der Waals surface area (Å²) in [7, 11) is 1.25. The van der Waals surface area contributed by atoms with Gasteiger partial charge in [0.25, 0.3) is 5.91 Å². The van der Waals surface area contributed by atoms with Crippen LogP contribution in [0.3, 0.4) is 0 Å². The number of hydrogen-bond donors (Lipinski definition) is 1. The van der Waals surface area contributed by atoms with Gasteiger partial charge in [-0.3, -0.25) is 4.79 Å². The Balaban J connectivity index is 2.32. The summed E-state index contributed by atoms with van der Waals surface area (Å²) in [5.74, 6) is -1.68. The number of carbonyl (C=O) groups excluding carboxylic acids is 2. The van der Waals surface area contributed by atoms with E-state index in [1.165, 1.54) is 30.0 Å². The quantitative estimate of drug-likeness (QED) is 0.819. The third kappa shape index (κ3) is 3.63. The molecule has 0 aliphatic carbocycles. The maximum absolute atomic E-state index is 13.3. The molecule has 0 bridgehead atoms. The van der Waals surface area contributed by atoms with E-state index >= 15 is 0 Å². The molecule has 0 aliphatic heterocycles. The minimum Gasteiger partial charge on any atom is -0.467 e. The van der Waals surface area contributed by atoms with Crippen molar-refractivity contribution in [1.82, 2.24) is 20.3 Å². The largest absolute Gasteiger partial charge is 0.467 e. The lowest BCUT2D eigenvalue weighted by Crippen LogP contribution is -2.52. The van der Waals surface area contributed by atoms with Gasteiger partial charge in [-0.05, 0) is 38.5 Å².